The second-order valence-corrected chi connectivity index (χ2v) is 5.40. The van der Waals surface area contributed by atoms with E-state index in [0.29, 0.717) is 12.1 Å². The molecule has 1 aromatic rings. The van der Waals surface area contributed by atoms with Gasteiger partial charge < -0.3 is 5.11 Å². The van der Waals surface area contributed by atoms with Gasteiger partial charge in [-0.15, -0.1) is 0 Å². The van der Waals surface area contributed by atoms with Crippen molar-refractivity contribution in [1.82, 2.24) is 4.90 Å². The highest BCUT2D eigenvalue weighted by Gasteiger charge is 2.27. The number of carboxylic acid groups (broad SMARTS) is 1. The lowest BCUT2D eigenvalue weighted by Crippen LogP contribution is -2.40. The number of hydrogen-bond donors (Lipinski definition) is 1. The molecule has 0 radical (unpaired) electrons. The summed E-state index contributed by atoms with van der Waals surface area (Å²) in [6.45, 7) is 6.49. The summed E-state index contributed by atoms with van der Waals surface area (Å²) in [6, 6.07) is 4.36. The van der Waals surface area contributed by atoms with Crippen molar-refractivity contribution >= 4 is 11.7 Å². The van der Waals surface area contributed by atoms with Crippen LogP contribution in [0.25, 0.3) is 0 Å². The van der Waals surface area contributed by atoms with Crippen LogP contribution in [-0.2, 0) is 6.54 Å². The molecule has 6 nitrogen and oxygen atoms in total. The predicted molar refractivity (Wildman–Crippen MR) is 75.9 cm³/mol. The van der Waals surface area contributed by atoms with E-state index < -0.39 is 10.9 Å². The van der Waals surface area contributed by atoms with Gasteiger partial charge in [-0.3, -0.25) is 15.0 Å². The molecular formula is C14H20N2O4. The Kier molecular flexibility index (Phi) is 4.83. The maximum atomic E-state index is 11.3. The summed E-state index contributed by atoms with van der Waals surface area (Å²) < 4.78 is 0. The van der Waals surface area contributed by atoms with Gasteiger partial charge in [0.2, 0.25) is 0 Å². The number of rotatable bonds is 6. The number of carboxylic acids is 1. The van der Waals surface area contributed by atoms with Gasteiger partial charge in [-0.25, -0.2) is 4.79 Å². The van der Waals surface area contributed by atoms with E-state index in [1.54, 1.807) is 6.07 Å². The van der Waals surface area contributed by atoms with Crippen molar-refractivity contribution in [1.29, 1.82) is 0 Å². The zero-order valence-electron chi connectivity index (χ0n) is 12.2. The summed E-state index contributed by atoms with van der Waals surface area (Å²) in [6.07, 6.45) is 0.890. The molecule has 0 aliphatic heterocycles. The van der Waals surface area contributed by atoms with Crippen LogP contribution in [0.5, 0.6) is 0 Å². The van der Waals surface area contributed by atoms with Gasteiger partial charge in [-0.05, 0) is 32.9 Å². The average molecular weight is 280 g/mol. The van der Waals surface area contributed by atoms with Crippen LogP contribution in [0, 0.1) is 10.1 Å². The Balaban J connectivity index is 3.23. The molecule has 0 bridgehead atoms. The van der Waals surface area contributed by atoms with Crippen molar-refractivity contribution in [3.05, 3.63) is 39.4 Å². The van der Waals surface area contributed by atoms with Crippen LogP contribution < -0.4 is 0 Å². The van der Waals surface area contributed by atoms with E-state index in [1.807, 2.05) is 32.7 Å². The molecule has 0 heterocycles. The van der Waals surface area contributed by atoms with Gasteiger partial charge >= 0.3 is 5.97 Å². The molecule has 0 amide bonds. The third-order valence-corrected chi connectivity index (χ3v) is 3.85. The van der Waals surface area contributed by atoms with Crippen LogP contribution in [0.1, 0.15) is 43.1 Å². The Morgan fingerprint density at radius 3 is 2.50 bits per heavy atom. The third kappa shape index (κ3) is 3.33. The van der Waals surface area contributed by atoms with E-state index in [0.717, 1.165) is 6.42 Å². The van der Waals surface area contributed by atoms with Crippen LogP contribution in [0.4, 0.5) is 5.69 Å². The molecule has 110 valence electrons. The highest BCUT2D eigenvalue weighted by Crippen LogP contribution is 2.26. The minimum Gasteiger partial charge on any atom is -0.477 e. The minimum absolute atomic E-state index is 0.111. The number of nitrogens with zero attached hydrogens (tertiary/aromatic N) is 2. The summed E-state index contributed by atoms with van der Waals surface area (Å²) in [4.78, 5) is 23.6. The first-order valence-corrected chi connectivity index (χ1v) is 6.41. The molecule has 0 aliphatic rings. The first-order valence-electron chi connectivity index (χ1n) is 6.41. The van der Waals surface area contributed by atoms with E-state index in [2.05, 4.69) is 0 Å². The molecule has 6 heteroatoms. The van der Waals surface area contributed by atoms with Crippen molar-refractivity contribution in [2.75, 3.05) is 7.05 Å². The molecule has 0 spiro atoms. The highest BCUT2D eigenvalue weighted by atomic mass is 16.6. The summed E-state index contributed by atoms with van der Waals surface area (Å²) in [7, 11) is 1.88. The molecule has 0 unspecified atom stereocenters. The normalized spacial score (nSPS) is 11.7. The van der Waals surface area contributed by atoms with Crippen LogP contribution >= 0.6 is 0 Å². The van der Waals surface area contributed by atoms with Crippen LogP contribution in [0.3, 0.4) is 0 Å². The minimum atomic E-state index is -1.27. The number of carbonyl (C=O) groups is 1. The topological polar surface area (TPSA) is 83.7 Å². The second-order valence-electron chi connectivity index (χ2n) is 5.40. The number of aromatic carboxylic acids is 1. The summed E-state index contributed by atoms with van der Waals surface area (Å²) in [5.41, 5.74) is -0.245. The Hall–Kier alpha value is -1.95. The smallest absolute Gasteiger partial charge is 0.343 e. The fraction of sp³-hybridized carbons (Fsp3) is 0.500. The van der Waals surface area contributed by atoms with Crippen LogP contribution in [0.2, 0.25) is 0 Å². The second kappa shape index (κ2) is 6.00. The lowest BCUT2D eigenvalue weighted by Gasteiger charge is -2.35. The molecule has 1 aromatic carbocycles. The molecule has 0 atom stereocenters. The van der Waals surface area contributed by atoms with E-state index in [1.165, 1.54) is 12.1 Å². The molecule has 0 saturated heterocycles. The number of nitro groups is 1. The summed E-state index contributed by atoms with van der Waals surface area (Å²) >= 11 is 0. The lowest BCUT2D eigenvalue weighted by molar-refractivity contribution is -0.385. The van der Waals surface area contributed by atoms with E-state index in [4.69, 9.17) is 0 Å². The van der Waals surface area contributed by atoms with Crippen molar-refractivity contribution < 1.29 is 14.8 Å². The standard InChI is InChI=1S/C14H20N2O4/c1-5-14(2,3)15(4)9-10-7-6-8-11(16(19)20)12(10)13(17)18/h6-8H,5,9H2,1-4H3,(H,17,18). The predicted octanol–water partition coefficient (Wildman–Crippen LogP) is 2.91. The SMILES string of the molecule is CCC(C)(C)N(C)Cc1cccc([N+](=O)[O-])c1C(=O)O. The maximum absolute atomic E-state index is 11.3. The van der Waals surface area contributed by atoms with Gasteiger partial charge in [0, 0.05) is 18.2 Å². The van der Waals surface area contributed by atoms with Crippen molar-refractivity contribution in [3.63, 3.8) is 0 Å². The number of hydrogen-bond acceptors (Lipinski definition) is 4. The van der Waals surface area contributed by atoms with Gasteiger partial charge in [0.1, 0.15) is 5.56 Å². The largest absolute Gasteiger partial charge is 0.477 e. The fourth-order valence-corrected chi connectivity index (χ4v) is 1.86. The van der Waals surface area contributed by atoms with Gasteiger partial charge in [0.25, 0.3) is 5.69 Å². The zero-order valence-corrected chi connectivity index (χ0v) is 12.2. The van der Waals surface area contributed by atoms with Crippen molar-refractivity contribution in [2.24, 2.45) is 0 Å². The van der Waals surface area contributed by atoms with Gasteiger partial charge in [0.05, 0.1) is 4.92 Å². The average Bonchev–Trinajstić information content (AvgIpc) is 2.37. The quantitative estimate of drug-likeness (QED) is 0.639. The third-order valence-electron chi connectivity index (χ3n) is 3.85. The van der Waals surface area contributed by atoms with Crippen molar-refractivity contribution in [2.45, 2.75) is 39.3 Å². The molecule has 0 saturated carbocycles. The molecular weight excluding hydrogens is 260 g/mol. The maximum Gasteiger partial charge on any atom is 0.343 e. The van der Waals surface area contributed by atoms with Crippen molar-refractivity contribution in [3.8, 4) is 0 Å². The Morgan fingerprint density at radius 2 is 2.05 bits per heavy atom. The first kappa shape index (κ1) is 16.1. The fourth-order valence-electron chi connectivity index (χ4n) is 1.86. The van der Waals surface area contributed by atoms with E-state index >= 15 is 0 Å². The van der Waals surface area contributed by atoms with Gasteiger partial charge in [-0.2, -0.15) is 0 Å². The summed E-state index contributed by atoms with van der Waals surface area (Å²) in [5, 5.41) is 20.2. The molecule has 20 heavy (non-hydrogen) atoms. The van der Waals surface area contributed by atoms with Crippen LogP contribution in [0.15, 0.2) is 18.2 Å². The molecule has 1 N–H and O–H groups in total. The van der Waals surface area contributed by atoms with Crippen LogP contribution in [-0.4, -0.2) is 33.5 Å². The monoisotopic (exact) mass is 280 g/mol. The molecule has 0 aliphatic carbocycles. The first-order chi connectivity index (χ1) is 9.20. The van der Waals surface area contributed by atoms with E-state index in [9.17, 15) is 20.0 Å². The van der Waals surface area contributed by atoms with Gasteiger partial charge in [-0.1, -0.05) is 19.1 Å². The molecule has 0 aromatic heterocycles. The zero-order chi connectivity index (χ0) is 15.5. The van der Waals surface area contributed by atoms with Gasteiger partial charge in [0.15, 0.2) is 0 Å². The van der Waals surface area contributed by atoms with E-state index in [-0.39, 0.29) is 16.8 Å². The number of nitro benzene ring substituents is 1. The molecule has 0 fully saturated rings. The summed E-state index contributed by atoms with van der Waals surface area (Å²) in [5.74, 6) is -1.27. The Morgan fingerprint density at radius 1 is 1.45 bits per heavy atom. The Labute approximate surface area is 118 Å². The Bertz CT molecular complexity index is 526. The highest BCUT2D eigenvalue weighted by molar-refractivity contribution is 5.94. The molecule has 1 rings (SSSR count). The lowest BCUT2D eigenvalue weighted by atomic mass is 9.97. The number of benzene rings is 1.